The van der Waals surface area contributed by atoms with Crippen molar-refractivity contribution >= 4 is 23.0 Å². The molecule has 3 aromatic rings. The topological polar surface area (TPSA) is 42.3 Å². The molecule has 0 aliphatic carbocycles. The summed E-state index contributed by atoms with van der Waals surface area (Å²) in [7, 11) is 0. The van der Waals surface area contributed by atoms with E-state index < -0.39 is 0 Å². The van der Waals surface area contributed by atoms with Crippen LogP contribution in [0.5, 0.6) is 5.75 Å². The van der Waals surface area contributed by atoms with Gasteiger partial charge in [-0.2, -0.15) is 0 Å². The summed E-state index contributed by atoms with van der Waals surface area (Å²) in [5, 5.41) is 4.21. The van der Waals surface area contributed by atoms with Gasteiger partial charge < -0.3 is 19.5 Å². The highest BCUT2D eigenvalue weighted by molar-refractivity contribution is 7.80. The molecule has 2 atom stereocenters. The van der Waals surface area contributed by atoms with Gasteiger partial charge in [-0.25, -0.2) is 0 Å². The molecule has 1 saturated heterocycles. The van der Waals surface area contributed by atoms with Gasteiger partial charge in [-0.1, -0.05) is 6.07 Å². The van der Waals surface area contributed by atoms with Crippen LogP contribution in [0.3, 0.4) is 0 Å². The molecule has 1 aromatic carbocycles. The Morgan fingerprint density at radius 3 is 2.39 bits per heavy atom. The monoisotopic (exact) mass is 434 g/mol. The molecule has 6 heteroatoms. The van der Waals surface area contributed by atoms with E-state index in [9.17, 15) is 0 Å². The van der Waals surface area contributed by atoms with Crippen LogP contribution in [-0.2, 0) is 5.54 Å². The Labute approximate surface area is 190 Å². The molecule has 2 unspecified atom stereocenters. The molecule has 1 aliphatic rings. The number of ether oxygens (including phenoxy) is 1. The molecule has 0 radical (unpaired) electrons. The third kappa shape index (κ3) is 4.44. The van der Waals surface area contributed by atoms with E-state index in [1.165, 1.54) is 5.56 Å². The molecule has 1 N–H and O–H groups in total. The predicted molar refractivity (Wildman–Crippen MR) is 130 cm³/mol. The van der Waals surface area contributed by atoms with Crippen molar-refractivity contribution in [3.8, 4) is 5.75 Å². The van der Waals surface area contributed by atoms with E-state index in [-0.39, 0.29) is 23.7 Å². The molecule has 1 fully saturated rings. The highest BCUT2D eigenvalue weighted by Crippen LogP contribution is 2.42. The molecular weight excluding hydrogens is 404 g/mol. The molecule has 0 bridgehead atoms. The van der Waals surface area contributed by atoms with Crippen LogP contribution in [0.2, 0.25) is 0 Å². The van der Waals surface area contributed by atoms with Gasteiger partial charge in [0.25, 0.3) is 0 Å². The number of rotatable bonds is 5. The number of hydrogen-bond donors (Lipinski definition) is 1. The van der Waals surface area contributed by atoms with E-state index >= 15 is 0 Å². The number of thiocarbonyl (C=S) groups is 1. The first-order chi connectivity index (χ1) is 14.7. The van der Waals surface area contributed by atoms with Crippen molar-refractivity contribution in [1.82, 2.24) is 14.9 Å². The maximum absolute atomic E-state index is 5.82. The zero-order chi connectivity index (χ0) is 22.2. The molecule has 31 heavy (non-hydrogen) atoms. The minimum Gasteiger partial charge on any atom is -0.491 e. The van der Waals surface area contributed by atoms with Gasteiger partial charge in [0.1, 0.15) is 5.75 Å². The van der Waals surface area contributed by atoms with Crippen molar-refractivity contribution in [1.29, 1.82) is 0 Å². The first-order valence-electron chi connectivity index (χ1n) is 10.7. The normalized spacial score (nSPS) is 19.0. The highest BCUT2D eigenvalue weighted by atomic mass is 32.1. The lowest BCUT2D eigenvalue weighted by Crippen LogP contribution is -2.29. The number of hydrogen-bond acceptors (Lipinski definition) is 3. The van der Waals surface area contributed by atoms with Crippen molar-refractivity contribution in [2.75, 3.05) is 4.90 Å². The lowest BCUT2D eigenvalue weighted by Gasteiger charge is -2.28. The number of nitrogens with one attached hydrogen (secondary N) is 1. The highest BCUT2D eigenvalue weighted by Gasteiger charge is 2.41. The molecule has 0 amide bonds. The Hall–Kier alpha value is -2.86. The maximum Gasteiger partial charge on any atom is 0.174 e. The van der Waals surface area contributed by atoms with Gasteiger partial charge in [-0.3, -0.25) is 4.98 Å². The van der Waals surface area contributed by atoms with Crippen molar-refractivity contribution < 1.29 is 4.74 Å². The minimum atomic E-state index is -0.0453. The lowest BCUT2D eigenvalue weighted by atomic mass is 9.98. The van der Waals surface area contributed by atoms with Gasteiger partial charge in [0, 0.05) is 29.8 Å². The zero-order valence-corrected chi connectivity index (χ0v) is 19.6. The van der Waals surface area contributed by atoms with Gasteiger partial charge in [0.2, 0.25) is 0 Å². The van der Waals surface area contributed by atoms with Crippen LogP contribution in [0.15, 0.2) is 67.1 Å². The second-order valence-electron chi connectivity index (χ2n) is 9.18. The number of nitrogens with zero attached hydrogens (tertiary/aromatic N) is 3. The van der Waals surface area contributed by atoms with Crippen molar-refractivity contribution in [2.24, 2.45) is 0 Å². The third-order valence-electron chi connectivity index (χ3n) is 5.42. The summed E-state index contributed by atoms with van der Waals surface area (Å²) in [6.45, 7) is 10.7. The van der Waals surface area contributed by atoms with E-state index in [0.29, 0.717) is 5.11 Å². The van der Waals surface area contributed by atoms with Gasteiger partial charge in [0.05, 0.1) is 23.9 Å². The number of anilines is 1. The van der Waals surface area contributed by atoms with E-state index in [4.69, 9.17) is 17.0 Å². The summed E-state index contributed by atoms with van der Waals surface area (Å²) in [5.74, 6) is 0.855. The fourth-order valence-electron chi connectivity index (χ4n) is 3.93. The van der Waals surface area contributed by atoms with Gasteiger partial charge >= 0.3 is 0 Å². The number of pyridine rings is 1. The molecule has 5 nitrogen and oxygen atoms in total. The molecular formula is C25H30N4OS. The van der Waals surface area contributed by atoms with Crippen LogP contribution in [0.25, 0.3) is 0 Å². The maximum atomic E-state index is 5.82. The average molecular weight is 435 g/mol. The predicted octanol–water partition coefficient (Wildman–Crippen LogP) is 5.60. The smallest absolute Gasteiger partial charge is 0.174 e. The van der Waals surface area contributed by atoms with Crippen molar-refractivity contribution in [3.05, 3.63) is 78.4 Å². The third-order valence-corrected chi connectivity index (χ3v) is 5.73. The SMILES string of the molecule is CC(C)Oc1ccc(N2C(=S)NC(c3ccccn3)C2c2ccn(C(C)(C)C)c2)cc1. The van der Waals surface area contributed by atoms with E-state index in [2.05, 4.69) is 77.2 Å². The lowest BCUT2D eigenvalue weighted by molar-refractivity contribution is 0.242. The molecule has 0 spiro atoms. The number of benzene rings is 1. The molecule has 162 valence electrons. The summed E-state index contributed by atoms with van der Waals surface area (Å²) in [6, 6.07) is 16.3. The van der Waals surface area contributed by atoms with Gasteiger partial charge in [-0.05, 0) is 94.9 Å². The quantitative estimate of drug-likeness (QED) is 0.529. The fourth-order valence-corrected chi connectivity index (χ4v) is 4.28. The fraction of sp³-hybridized carbons (Fsp3) is 0.360. The first kappa shape index (κ1) is 21.4. The standard InChI is InChI=1S/C25H30N4OS/c1-17(2)30-20-11-9-19(10-12-20)29-23(18-13-15-28(16-18)25(3,4)5)22(27-24(29)31)21-8-6-7-14-26-21/h6-17,22-23H,1-5H3,(H,27,31). The minimum absolute atomic E-state index is 0.00590. The summed E-state index contributed by atoms with van der Waals surface area (Å²) in [6.07, 6.45) is 6.33. The average Bonchev–Trinajstić information content (AvgIpc) is 3.33. The van der Waals surface area contributed by atoms with Gasteiger partial charge in [-0.15, -0.1) is 0 Å². The summed E-state index contributed by atoms with van der Waals surface area (Å²) >= 11 is 5.81. The molecule has 0 saturated carbocycles. The summed E-state index contributed by atoms with van der Waals surface area (Å²) in [5.41, 5.74) is 3.20. The first-order valence-corrected chi connectivity index (χ1v) is 11.1. The molecule has 2 aromatic heterocycles. The molecule has 4 rings (SSSR count). The summed E-state index contributed by atoms with van der Waals surface area (Å²) < 4.78 is 8.07. The van der Waals surface area contributed by atoms with Crippen molar-refractivity contribution in [3.63, 3.8) is 0 Å². The molecule has 3 heterocycles. The van der Waals surface area contributed by atoms with Crippen LogP contribution in [0.4, 0.5) is 5.69 Å². The molecule has 1 aliphatic heterocycles. The van der Waals surface area contributed by atoms with Crippen molar-refractivity contribution in [2.45, 2.75) is 58.3 Å². The number of aromatic nitrogens is 2. The van der Waals surface area contributed by atoms with Crippen LogP contribution in [0, 0.1) is 0 Å². The largest absolute Gasteiger partial charge is 0.491 e. The van der Waals surface area contributed by atoms with Gasteiger partial charge in [0.15, 0.2) is 5.11 Å². The Bertz CT molecular complexity index is 1040. The van der Waals surface area contributed by atoms with E-state index in [1.807, 2.05) is 44.3 Å². The Kier molecular flexibility index (Phi) is 5.75. The second kappa shape index (κ2) is 8.35. The Morgan fingerprint density at radius 2 is 1.81 bits per heavy atom. The van der Waals surface area contributed by atoms with Crippen LogP contribution < -0.4 is 15.0 Å². The Balaban J connectivity index is 1.75. The van der Waals surface area contributed by atoms with Crippen LogP contribution in [0.1, 0.15) is 58.0 Å². The summed E-state index contributed by atoms with van der Waals surface area (Å²) in [4.78, 5) is 6.82. The van der Waals surface area contributed by atoms with Crippen LogP contribution in [-0.4, -0.2) is 20.8 Å². The van der Waals surface area contributed by atoms with Crippen LogP contribution >= 0.6 is 12.2 Å². The zero-order valence-electron chi connectivity index (χ0n) is 18.7. The Morgan fingerprint density at radius 1 is 1.06 bits per heavy atom. The van der Waals surface area contributed by atoms with E-state index in [0.717, 1.165) is 17.1 Å². The second-order valence-corrected chi connectivity index (χ2v) is 9.57. The van der Waals surface area contributed by atoms with E-state index in [1.54, 1.807) is 0 Å².